The van der Waals surface area contributed by atoms with Gasteiger partial charge in [-0.05, 0) is 117 Å². The van der Waals surface area contributed by atoms with Gasteiger partial charge in [0.1, 0.15) is 12.4 Å². The normalized spacial score (nSPS) is 15.0. The van der Waals surface area contributed by atoms with Crippen molar-refractivity contribution in [3.05, 3.63) is 93.3 Å². The van der Waals surface area contributed by atoms with Gasteiger partial charge in [0.25, 0.3) is 11.1 Å². The molecule has 0 bridgehead atoms. The number of anilines is 1. The van der Waals surface area contributed by atoms with E-state index in [1.54, 1.807) is 30.3 Å². The Bertz CT molecular complexity index is 1230. The highest BCUT2D eigenvalue weighted by molar-refractivity contribution is 14.1. The van der Waals surface area contributed by atoms with Gasteiger partial charge in [0.15, 0.2) is 0 Å². The molecule has 0 atom stereocenters. The molecular formula is C23H13BrClI2NO3S. The van der Waals surface area contributed by atoms with Crippen molar-refractivity contribution < 1.29 is 14.3 Å². The first kappa shape index (κ1) is 24.1. The standard InChI is InChI=1S/C23H13BrClI2NO3S/c24-15-6-4-13(5-7-15)12-31-21-18(26)8-14(9-19(21)27)10-20-22(29)28(23(30)32-20)17-3-1-2-16(25)11-17/h1-11H,12H2/b20-10+. The van der Waals surface area contributed by atoms with Crippen LogP contribution < -0.4 is 9.64 Å². The maximum Gasteiger partial charge on any atom is 0.298 e. The molecule has 0 radical (unpaired) electrons. The van der Waals surface area contributed by atoms with E-state index in [9.17, 15) is 9.59 Å². The number of carbonyl (C=O) groups excluding carboxylic acids is 2. The molecule has 1 aliphatic rings. The van der Waals surface area contributed by atoms with E-state index in [-0.39, 0.29) is 11.1 Å². The SMILES string of the molecule is O=C1S/C(=C/c2cc(I)c(OCc3ccc(Br)cc3)c(I)c2)C(=O)N1c1cccc(Cl)c1. The molecule has 2 amide bonds. The van der Waals surface area contributed by atoms with Gasteiger partial charge < -0.3 is 4.74 Å². The molecule has 0 aliphatic carbocycles. The van der Waals surface area contributed by atoms with E-state index < -0.39 is 0 Å². The summed E-state index contributed by atoms with van der Waals surface area (Å²) in [4.78, 5) is 26.9. The van der Waals surface area contributed by atoms with Crippen LogP contribution in [0, 0.1) is 7.14 Å². The molecule has 3 aromatic carbocycles. The van der Waals surface area contributed by atoms with Crippen LogP contribution in [0.5, 0.6) is 5.75 Å². The Hall–Kier alpha value is -1.08. The van der Waals surface area contributed by atoms with Crippen LogP contribution in [0.1, 0.15) is 11.1 Å². The maximum absolute atomic E-state index is 12.9. The third-order valence-electron chi connectivity index (χ3n) is 4.47. The van der Waals surface area contributed by atoms with Gasteiger partial charge in [0, 0.05) is 9.50 Å². The smallest absolute Gasteiger partial charge is 0.298 e. The van der Waals surface area contributed by atoms with Crippen molar-refractivity contribution in [3.63, 3.8) is 0 Å². The molecule has 1 aliphatic heterocycles. The molecule has 0 saturated carbocycles. The minimum Gasteiger partial charge on any atom is -0.487 e. The lowest BCUT2D eigenvalue weighted by atomic mass is 10.2. The van der Waals surface area contributed by atoms with Gasteiger partial charge in [0.2, 0.25) is 0 Å². The minimum atomic E-state index is -0.358. The Morgan fingerprint density at radius 3 is 2.38 bits per heavy atom. The molecule has 32 heavy (non-hydrogen) atoms. The molecule has 9 heteroatoms. The third-order valence-corrected chi connectivity index (χ3v) is 7.71. The Morgan fingerprint density at radius 1 is 1.03 bits per heavy atom. The molecule has 162 valence electrons. The topological polar surface area (TPSA) is 46.6 Å². The largest absolute Gasteiger partial charge is 0.487 e. The van der Waals surface area contributed by atoms with Crippen LogP contribution >= 0.6 is 84.5 Å². The monoisotopic (exact) mass is 751 g/mol. The molecule has 0 unspecified atom stereocenters. The first-order chi connectivity index (χ1) is 15.3. The van der Waals surface area contributed by atoms with Crippen molar-refractivity contribution in [2.24, 2.45) is 0 Å². The molecule has 0 N–H and O–H groups in total. The van der Waals surface area contributed by atoms with Crippen LogP contribution in [-0.2, 0) is 11.4 Å². The predicted molar refractivity (Wildman–Crippen MR) is 150 cm³/mol. The van der Waals surface area contributed by atoms with Gasteiger partial charge in [0.05, 0.1) is 17.7 Å². The first-order valence-electron chi connectivity index (χ1n) is 9.21. The quantitative estimate of drug-likeness (QED) is 0.195. The van der Waals surface area contributed by atoms with Crippen molar-refractivity contribution >= 4 is 107 Å². The zero-order valence-corrected chi connectivity index (χ0v) is 23.6. The first-order valence-corrected chi connectivity index (χ1v) is 13.4. The van der Waals surface area contributed by atoms with Crippen LogP contribution in [0.4, 0.5) is 10.5 Å². The summed E-state index contributed by atoms with van der Waals surface area (Å²) in [5, 5.41) is 0.121. The van der Waals surface area contributed by atoms with E-state index in [4.69, 9.17) is 16.3 Å². The van der Waals surface area contributed by atoms with Crippen molar-refractivity contribution in [1.29, 1.82) is 0 Å². The lowest BCUT2D eigenvalue weighted by Crippen LogP contribution is -2.27. The predicted octanol–water partition coefficient (Wildman–Crippen LogP) is 8.13. The van der Waals surface area contributed by atoms with Crippen LogP contribution in [-0.4, -0.2) is 11.1 Å². The van der Waals surface area contributed by atoms with Crippen LogP contribution in [0.15, 0.2) is 70.0 Å². The van der Waals surface area contributed by atoms with Crippen LogP contribution in [0.25, 0.3) is 6.08 Å². The maximum atomic E-state index is 12.9. The van der Waals surface area contributed by atoms with E-state index >= 15 is 0 Å². The molecule has 4 rings (SSSR count). The second-order valence-electron chi connectivity index (χ2n) is 6.73. The number of ether oxygens (including phenoxy) is 1. The van der Waals surface area contributed by atoms with Gasteiger partial charge >= 0.3 is 0 Å². The zero-order chi connectivity index (χ0) is 22.8. The average molecular weight is 753 g/mol. The zero-order valence-electron chi connectivity index (χ0n) is 16.2. The van der Waals surface area contributed by atoms with E-state index in [0.29, 0.717) is 22.2 Å². The summed E-state index contributed by atoms with van der Waals surface area (Å²) in [5.41, 5.74) is 2.36. The Morgan fingerprint density at radius 2 is 1.72 bits per heavy atom. The number of hydrogen-bond acceptors (Lipinski definition) is 4. The summed E-state index contributed by atoms with van der Waals surface area (Å²) < 4.78 is 8.91. The fraction of sp³-hybridized carbons (Fsp3) is 0.0435. The highest BCUT2D eigenvalue weighted by Crippen LogP contribution is 2.37. The van der Waals surface area contributed by atoms with Crippen molar-refractivity contribution in [3.8, 4) is 5.75 Å². The molecule has 1 heterocycles. The van der Waals surface area contributed by atoms with Crippen molar-refractivity contribution in [2.45, 2.75) is 6.61 Å². The van der Waals surface area contributed by atoms with E-state index in [0.717, 1.165) is 45.2 Å². The lowest BCUT2D eigenvalue weighted by Gasteiger charge is -2.13. The van der Waals surface area contributed by atoms with Crippen LogP contribution in [0.2, 0.25) is 5.02 Å². The highest BCUT2D eigenvalue weighted by Gasteiger charge is 2.36. The highest BCUT2D eigenvalue weighted by atomic mass is 127. The number of rotatable bonds is 5. The third kappa shape index (κ3) is 5.52. The van der Waals surface area contributed by atoms with E-state index in [2.05, 4.69) is 61.1 Å². The number of nitrogens with zero attached hydrogens (tertiary/aromatic N) is 1. The molecule has 1 saturated heterocycles. The van der Waals surface area contributed by atoms with Gasteiger partial charge in [-0.15, -0.1) is 0 Å². The van der Waals surface area contributed by atoms with Gasteiger partial charge in [-0.3, -0.25) is 9.59 Å². The number of carbonyl (C=O) groups is 2. The number of amides is 2. The second kappa shape index (κ2) is 10.5. The number of benzene rings is 3. The van der Waals surface area contributed by atoms with E-state index in [1.165, 1.54) is 0 Å². The number of thioether (sulfide) groups is 1. The fourth-order valence-electron chi connectivity index (χ4n) is 2.99. The van der Waals surface area contributed by atoms with Crippen LogP contribution in [0.3, 0.4) is 0 Å². The van der Waals surface area contributed by atoms with Crippen molar-refractivity contribution in [2.75, 3.05) is 4.90 Å². The summed E-state index contributed by atoms with van der Waals surface area (Å²) in [6.07, 6.45) is 1.73. The number of imide groups is 1. The molecule has 0 spiro atoms. The summed E-state index contributed by atoms with van der Waals surface area (Å²) in [7, 11) is 0. The summed E-state index contributed by atoms with van der Waals surface area (Å²) in [5.74, 6) is 0.432. The van der Waals surface area contributed by atoms with Crippen molar-refractivity contribution in [1.82, 2.24) is 0 Å². The lowest BCUT2D eigenvalue weighted by molar-refractivity contribution is -0.113. The number of hydrogen-bond donors (Lipinski definition) is 0. The van der Waals surface area contributed by atoms with Gasteiger partial charge in [-0.25, -0.2) is 4.90 Å². The summed E-state index contributed by atoms with van der Waals surface area (Å²) in [6, 6.07) is 18.6. The van der Waals surface area contributed by atoms with Gasteiger partial charge in [-0.2, -0.15) is 0 Å². The molecular weight excluding hydrogens is 739 g/mol. The Kier molecular flexibility index (Phi) is 7.86. The Labute approximate surface area is 230 Å². The van der Waals surface area contributed by atoms with Gasteiger partial charge in [-0.1, -0.05) is 45.7 Å². The Balaban J connectivity index is 1.54. The molecule has 3 aromatic rings. The summed E-state index contributed by atoms with van der Waals surface area (Å²) >= 11 is 14.8. The fourth-order valence-corrected chi connectivity index (χ4v) is 6.41. The molecule has 1 fully saturated rings. The minimum absolute atomic E-state index is 0.345. The second-order valence-corrected chi connectivity index (χ2v) is 11.4. The molecule has 0 aromatic heterocycles. The summed E-state index contributed by atoms with van der Waals surface area (Å²) in [6.45, 7) is 0.456. The van der Waals surface area contributed by atoms with E-state index in [1.807, 2.05) is 36.4 Å². The average Bonchev–Trinajstić information content (AvgIpc) is 3.01. The number of halogens is 4. The molecule has 4 nitrogen and oxygen atoms in total.